The van der Waals surface area contributed by atoms with Gasteiger partial charge in [0.1, 0.15) is 5.56 Å². The third-order valence-corrected chi connectivity index (χ3v) is 3.76. The lowest BCUT2D eigenvalue weighted by atomic mass is 10.2. The summed E-state index contributed by atoms with van der Waals surface area (Å²) in [4.78, 5) is 34.2. The highest BCUT2D eigenvalue weighted by Crippen LogP contribution is 2.23. The fourth-order valence-corrected chi connectivity index (χ4v) is 2.25. The molecular formula is C14H10Cl2N2O5. The van der Waals surface area contributed by atoms with Crippen molar-refractivity contribution in [1.82, 2.24) is 4.57 Å². The zero-order chi connectivity index (χ0) is 17.1. The predicted molar refractivity (Wildman–Crippen MR) is 84.3 cm³/mol. The van der Waals surface area contributed by atoms with Crippen LogP contribution >= 0.6 is 23.2 Å². The molecule has 0 radical (unpaired) electrons. The maximum atomic E-state index is 12.3. The standard InChI is InChI=1S/C14H10Cl2N2O5/c1-23-14(20)10-5-9(18(21)22)7-17(13(10)19)6-8-2-3-11(15)12(16)4-8/h2-5,7H,6H2,1H3. The first-order valence-corrected chi connectivity index (χ1v) is 7.00. The zero-order valence-corrected chi connectivity index (χ0v) is 13.3. The van der Waals surface area contributed by atoms with Crippen LogP contribution in [0.15, 0.2) is 35.3 Å². The van der Waals surface area contributed by atoms with Gasteiger partial charge < -0.3 is 9.30 Å². The fraction of sp³-hybridized carbons (Fsp3) is 0.143. The molecule has 2 aromatic rings. The molecule has 0 atom stereocenters. The van der Waals surface area contributed by atoms with Crippen molar-refractivity contribution >= 4 is 34.9 Å². The van der Waals surface area contributed by atoms with E-state index >= 15 is 0 Å². The lowest BCUT2D eigenvalue weighted by molar-refractivity contribution is -0.385. The minimum atomic E-state index is -0.943. The normalized spacial score (nSPS) is 10.4. The highest BCUT2D eigenvalue weighted by molar-refractivity contribution is 6.42. The van der Waals surface area contributed by atoms with Crippen LogP contribution in [0.25, 0.3) is 0 Å². The van der Waals surface area contributed by atoms with Crippen LogP contribution < -0.4 is 5.56 Å². The number of pyridine rings is 1. The van der Waals surface area contributed by atoms with Crippen molar-refractivity contribution in [2.75, 3.05) is 7.11 Å². The van der Waals surface area contributed by atoms with Crippen LogP contribution in [0.1, 0.15) is 15.9 Å². The number of methoxy groups -OCH3 is 1. The number of ether oxygens (including phenoxy) is 1. The Labute approximate surface area is 140 Å². The molecule has 0 amide bonds. The van der Waals surface area contributed by atoms with Crippen molar-refractivity contribution in [1.29, 1.82) is 0 Å². The number of hydrogen-bond acceptors (Lipinski definition) is 5. The van der Waals surface area contributed by atoms with Gasteiger partial charge in [0.2, 0.25) is 0 Å². The third-order valence-electron chi connectivity index (χ3n) is 3.02. The van der Waals surface area contributed by atoms with Crippen molar-refractivity contribution < 1.29 is 14.5 Å². The van der Waals surface area contributed by atoms with Crippen LogP contribution in [0, 0.1) is 10.1 Å². The summed E-state index contributed by atoms with van der Waals surface area (Å²) in [5, 5.41) is 11.6. The number of carbonyl (C=O) groups is 1. The fourth-order valence-electron chi connectivity index (χ4n) is 1.93. The Morgan fingerprint density at radius 2 is 2.00 bits per heavy atom. The van der Waals surface area contributed by atoms with Crippen LogP contribution in [0.4, 0.5) is 5.69 Å². The van der Waals surface area contributed by atoms with E-state index in [1.54, 1.807) is 12.1 Å². The summed E-state index contributed by atoms with van der Waals surface area (Å²) in [7, 11) is 1.09. The Balaban J connectivity index is 2.54. The molecule has 120 valence electrons. The largest absolute Gasteiger partial charge is 0.465 e. The summed E-state index contributed by atoms with van der Waals surface area (Å²) >= 11 is 11.7. The van der Waals surface area contributed by atoms with Gasteiger partial charge in [-0.2, -0.15) is 0 Å². The number of halogens is 2. The molecule has 9 heteroatoms. The smallest absolute Gasteiger partial charge is 0.343 e. The highest BCUT2D eigenvalue weighted by atomic mass is 35.5. The first-order valence-electron chi connectivity index (χ1n) is 6.24. The lowest BCUT2D eigenvalue weighted by Crippen LogP contribution is -2.27. The molecule has 0 bridgehead atoms. The first-order chi connectivity index (χ1) is 10.8. The van der Waals surface area contributed by atoms with E-state index in [0.29, 0.717) is 10.6 Å². The van der Waals surface area contributed by atoms with Crippen LogP contribution in [-0.4, -0.2) is 22.6 Å². The van der Waals surface area contributed by atoms with Crippen LogP contribution in [0.2, 0.25) is 10.0 Å². The second kappa shape index (κ2) is 6.80. The van der Waals surface area contributed by atoms with Crippen LogP contribution in [0.3, 0.4) is 0 Å². The maximum Gasteiger partial charge on any atom is 0.343 e. The molecule has 0 fully saturated rings. The van der Waals surface area contributed by atoms with Gasteiger partial charge in [0, 0.05) is 6.07 Å². The second-order valence-corrected chi connectivity index (χ2v) is 5.36. The molecule has 0 N–H and O–H groups in total. The van der Waals surface area contributed by atoms with E-state index in [1.165, 1.54) is 6.07 Å². The summed E-state index contributed by atoms with van der Waals surface area (Å²) in [6.45, 7) is -0.0125. The molecule has 1 aromatic heterocycles. The summed E-state index contributed by atoms with van der Waals surface area (Å²) < 4.78 is 5.52. The molecule has 0 aliphatic heterocycles. The molecular weight excluding hydrogens is 347 g/mol. The van der Waals surface area contributed by atoms with E-state index in [4.69, 9.17) is 23.2 Å². The van der Waals surface area contributed by atoms with Crippen LogP contribution in [-0.2, 0) is 11.3 Å². The minimum Gasteiger partial charge on any atom is -0.465 e. The Kier molecular flexibility index (Phi) is 5.02. The van der Waals surface area contributed by atoms with Crippen molar-refractivity contribution in [2.24, 2.45) is 0 Å². The quantitative estimate of drug-likeness (QED) is 0.477. The average molecular weight is 357 g/mol. The molecule has 23 heavy (non-hydrogen) atoms. The third kappa shape index (κ3) is 3.69. The zero-order valence-electron chi connectivity index (χ0n) is 11.8. The molecule has 2 rings (SSSR count). The van der Waals surface area contributed by atoms with Crippen molar-refractivity contribution in [3.63, 3.8) is 0 Å². The first kappa shape index (κ1) is 17.0. The number of carbonyl (C=O) groups excluding carboxylic acids is 1. The Bertz CT molecular complexity index is 848. The topological polar surface area (TPSA) is 91.4 Å². The van der Waals surface area contributed by atoms with Gasteiger partial charge in [-0.05, 0) is 17.7 Å². The number of aromatic nitrogens is 1. The summed E-state index contributed by atoms with van der Waals surface area (Å²) in [5.74, 6) is -0.943. The molecule has 0 unspecified atom stereocenters. The minimum absolute atomic E-state index is 0.0125. The molecule has 1 heterocycles. The number of benzene rings is 1. The molecule has 0 saturated carbocycles. The Hall–Kier alpha value is -2.38. The van der Waals surface area contributed by atoms with E-state index in [0.717, 1.165) is 23.9 Å². The summed E-state index contributed by atoms with van der Waals surface area (Å²) in [5.41, 5.74) is -0.918. The number of esters is 1. The lowest BCUT2D eigenvalue weighted by Gasteiger charge is -2.09. The molecule has 7 nitrogen and oxygen atoms in total. The maximum absolute atomic E-state index is 12.3. The number of nitrogens with zero attached hydrogens (tertiary/aromatic N) is 2. The van der Waals surface area contributed by atoms with Crippen molar-refractivity contribution in [3.8, 4) is 0 Å². The molecule has 0 saturated heterocycles. The van der Waals surface area contributed by atoms with Gasteiger partial charge in [-0.15, -0.1) is 0 Å². The van der Waals surface area contributed by atoms with E-state index in [-0.39, 0.29) is 11.6 Å². The summed E-state index contributed by atoms with van der Waals surface area (Å²) in [6.07, 6.45) is 1.05. The van der Waals surface area contributed by atoms with E-state index in [2.05, 4.69) is 4.74 Å². The monoisotopic (exact) mass is 356 g/mol. The van der Waals surface area contributed by atoms with Gasteiger partial charge in [-0.25, -0.2) is 4.79 Å². The van der Waals surface area contributed by atoms with Crippen molar-refractivity contribution in [3.05, 3.63) is 72.1 Å². The number of rotatable bonds is 4. The predicted octanol–water partition coefficient (Wildman–Crippen LogP) is 2.90. The van der Waals surface area contributed by atoms with Gasteiger partial charge in [0.15, 0.2) is 0 Å². The number of nitro groups is 1. The molecule has 0 spiro atoms. The van der Waals surface area contributed by atoms with Gasteiger partial charge in [-0.3, -0.25) is 14.9 Å². The SMILES string of the molecule is COC(=O)c1cc([N+](=O)[O-])cn(Cc2ccc(Cl)c(Cl)c2)c1=O. The van der Waals surface area contributed by atoms with Gasteiger partial charge in [-0.1, -0.05) is 29.3 Å². The Morgan fingerprint density at radius 3 is 2.57 bits per heavy atom. The number of hydrogen-bond donors (Lipinski definition) is 0. The van der Waals surface area contributed by atoms with Gasteiger partial charge in [0.25, 0.3) is 11.2 Å². The summed E-state index contributed by atoms with van der Waals surface area (Å²) in [6, 6.07) is 5.59. The molecule has 1 aromatic carbocycles. The Morgan fingerprint density at radius 1 is 1.30 bits per heavy atom. The molecule has 0 aliphatic carbocycles. The van der Waals surface area contributed by atoms with Gasteiger partial charge in [0.05, 0.1) is 34.8 Å². The highest BCUT2D eigenvalue weighted by Gasteiger charge is 2.19. The molecule has 0 aliphatic rings. The van der Waals surface area contributed by atoms with E-state index in [9.17, 15) is 19.7 Å². The average Bonchev–Trinajstić information content (AvgIpc) is 2.51. The van der Waals surface area contributed by atoms with Crippen LogP contribution in [0.5, 0.6) is 0 Å². The van der Waals surface area contributed by atoms with Crippen molar-refractivity contribution in [2.45, 2.75) is 6.54 Å². The van der Waals surface area contributed by atoms with E-state index in [1.807, 2.05) is 0 Å². The van der Waals surface area contributed by atoms with Gasteiger partial charge >= 0.3 is 5.97 Å². The van der Waals surface area contributed by atoms with E-state index < -0.39 is 27.7 Å². The second-order valence-electron chi connectivity index (χ2n) is 4.54.